The van der Waals surface area contributed by atoms with E-state index in [0.717, 1.165) is 22.1 Å². The first-order valence-corrected chi connectivity index (χ1v) is 10.8. The molecule has 0 bridgehead atoms. The third-order valence-corrected chi connectivity index (χ3v) is 6.27. The van der Waals surface area contributed by atoms with Crippen LogP contribution in [0.1, 0.15) is 30.7 Å². The highest BCUT2D eigenvalue weighted by Crippen LogP contribution is 2.42. The van der Waals surface area contributed by atoms with Crippen LogP contribution < -0.4 is 10.1 Å². The Kier molecular flexibility index (Phi) is 5.58. The monoisotopic (exact) mass is 416 g/mol. The van der Waals surface area contributed by atoms with Crippen LogP contribution in [0, 0.1) is 0 Å². The Morgan fingerprint density at radius 1 is 1.32 bits per heavy atom. The number of hydrogen-bond donors (Lipinski definition) is 1. The minimum atomic E-state index is -0.128. The van der Waals surface area contributed by atoms with E-state index in [4.69, 9.17) is 4.74 Å². The van der Waals surface area contributed by atoms with E-state index in [0.29, 0.717) is 22.8 Å². The van der Waals surface area contributed by atoms with Gasteiger partial charge in [-0.15, -0.1) is 20.4 Å². The zero-order chi connectivity index (χ0) is 19.5. The largest absolute Gasteiger partial charge is 0.497 e. The number of hydrogen-bond acceptors (Lipinski definition) is 8. The number of amides is 1. The molecule has 0 saturated heterocycles. The van der Waals surface area contributed by atoms with Gasteiger partial charge in [-0.25, -0.2) is 0 Å². The van der Waals surface area contributed by atoms with Crippen molar-refractivity contribution < 1.29 is 9.53 Å². The third-order valence-electron chi connectivity index (χ3n) is 4.31. The number of nitrogens with one attached hydrogen (secondary N) is 1. The lowest BCUT2D eigenvalue weighted by atomic mass is 10.2. The molecule has 0 atom stereocenters. The molecule has 2 heterocycles. The number of benzene rings is 1. The van der Waals surface area contributed by atoms with Gasteiger partial charge in [-0.2, -0.15) is 0 Å². The maximum absolute atomic E-state index is 12.3. The molecule has 146 valence electrons. The highest BCUT2D eigenvalue weighted by molar-refractivity contribution is 7.99. The average molecular weight is 417 g/mol. The topological polar surface area (TPSA) is 94.8 Å². The number of anilines is 1. The fourth-order valence-corrected chi connectivity index (χ4v) is 4.45. The molecule has 1 aromatic carbocycles. The standard InChI is InChI=1S/C18H20N6O2S2/c1-3-24-15(12-5-4-6-13(9-12)26-2)20-23-18(24)27-10-14(25)19-17-22-21-16(28-17)11-7-8-11/h4-6,9,11H,3,7-8,10H2,1-2H3,(H,19,22,25). The highest BCUT2D eigenvalue weighted by Gasteiger charge is 2.27. The fourth-order valence-electron chi connectivity index (χ4n) is 2.72. The number of methoxy groups -OCH3 is 1. The molecular weight excluding hydrogens is 396 g/mol. The van der Waals surface area contributed by atoms with Crippen LogP contribution in [-0.4, -0.2) is 43.7 Å². The van der Waals surface area contributed by atoms with Crippen LogP contribution in [0.2, 0.25) is 0 Å². The number of carbonyl (C=O) groups excluding carboxylic acids is 1. The van der Waals surface area contributed by atoms with Crippen molar-refractivity contribution in [2.45, 2.75) is 37.4 Å². The van der Waals surface area contributed by atoms with Crippen LogP contribution in [0.25, 0.3) is 11.4 Å². The third kappa shape index (κ3) is 4.17. The zero-order valence-electron chi connectivity index (χ0n) is 15.6. The van der Waals surface area contributed by atoms with Crippen LogP contribution >= 0.6 is 23.1 Å². The van der Waals surface area contributed by atoms with Crippen molar-refractivity contribution in [3.8, 4) is 17.1 Å². The molecule has 1 saturated carbocycles. The van der Waals surface area contributed by atoms with Crippen molar-refractivity contribution in [1.29, 1.82) is 0 Å². The summed E-state index contributed by atoms with van der Waals surface area (Å²) in [5, 5.41) is 21.8. The molecule has 0 aliphatic heterocycles. The summed E-state index contributed by atoms with van der Waals surface area (Å²) in [5.41, 5.74) is 0.923. The van der Waals surface area contributed by atoms with Gasteiger partial charge in [-0.05, 0) is 31.9 Å². The lowest BCUT2D eigenvalue weighted by Crippen LogP contribution is -2.14. The fraction of sp³-hybridized carbons (Fsp3) is 0.389. The van der Waals surface area contributed by atoms with Gasteiger partial charge < -0.3 is 9.30 Å². The van der Waals surface area contributed by atoms with E-state index < -0.39 is 0 Å². The van der Waals surface area contributed by atoms with Crippen molar-refractivity contribution in [2.24, 2.45) is 0 Å². The SMILES string of the molecule is CCn1c(SCC(=O)Nc2nnc(C3CC3)s2)nnc1-c1cccc(OC)c1. The first-order valence-electron chi connectivity index (χ1n) is 9.01. The summed E-state index contributed by atoms with van der Waals surface area (Å²) in [6.07, 6.45) is 2.33. The molecule has 1 aliphatic rings. The van der Waals surface area contributed by atoms with E-state index in [1.807, 2.05) is 35.8 Å². The molecule has 28 heavy (non-hydrogen) atoms. The van der Waals surface area contributed by atoms with Gasteiger partial charge in [0.2, 0.25) is 11.0 Å². The van der Waals surface area contributed by atoms with Crippen molar-refractivity contribution in [3.05, 3.63) is 29.3 Å². The molecule has 8 nitrogen and oxygen atoms in total. The van der Waals surface area contributed by atoms with Crippen LogP contribution in [0.3, 0.4) is 0 Å². The Hall–Kier alpha value is -2.46. The van der Waals surface area contributed by atoms with Gasteiger partial charge in [0.15, 0.2) is 11.0 Å². The summed E-state index contributed by atoms with van der Waals surface area (Å²) in [4.78, 5) is 12.3. The van der Waals surface area contributed by atoms with E-state index in [1.54, 1.807) is 7.11 Å². The average Bonchev–Trinajstić information content (AvgIpc) is 3.32. The lowest BCUT2D eigenvalue weighted by Gasteiger charge is -2.08. The maximum Gasteiger partial charge on any atom is 0.236 e. The Labute approximate surface area is 170 Å². The number of nitrogens with zero attached hydrogens (tertiary/aromatic N) is 5. The van der Waals surface area contributed by atoms with E-state index >= 15 is 0 Å². The molecular formula is C18H20N6O2S2. The van der Waals surface area contributed by atoms with Gasteiger partial charge in [0.05, 0.1) is 12.9 Å². The van der Waals surface area contributed by atoms with E-state index in [9.17, 15) is 4.79 Å². The minimum absolute atomic E-state index is 0.128. The molecule has 1 fully saturated rings. The van der Waals surface area contributed by atoms with Gasteiger partial charge in [-0.1, -0.05) is 35.2 Å². The molecule has 1 N–H and O–H groups in total. The summed E-state index contributed by atoms with van der Waals surface area (Å²) < 4.78 is 7.28. The van der Waals surface area contributed by atoms with Crippen LogP contribution in [0.5, 0.6) is 5.75 Å². The second-order valence-electron chi connectivity index (χ2n) is 6.34. The Balaban J connectivity index is 1.41. The molecule has 1 amide bonds. The van der Waals surface area contributed by atoms with Gasteiger partial charge in [0.1, 0.15) is 10.8 Å². The van der Waals surface area contributed by atoms with Crippen LogP contribution in [-0.2, 0) is 11.3 Å². The summed E-state index contributed by atoms with van der Waals surface area (Å²) in [5.74, 6) is 2.16. The molecule has 1 aliphatic carbocycles. The van der Waals surface area contributed by atoms with E-state index in [1.165, 1.54) is 35.9 Å². The first-order chi connectivity index (χ1) is 13.7. The van der Waals surface area contributed by atoms with Crippen molar-refractivity contribution >= 4 is 34.1 Å². The number of thioether (sulfide) groups is 1. The van der Waals surface area contributed by atoms with Crippen molar-refractivity contribution in [1.82, 2.24) is 25.0 Å². The van der Waals surface area contributed by atoms with Gasteiger partial charge in [0, 0.05) is 18.0 Å². The molecule has 3 aromatic rings. The first kappa shape index (κ1) is 18.9. The molecule has 10 heteroatoms. The number of ether oxygens (including phenoxy) is 1. The number of carbonyl (C=O) groups is 1. The van der Waals surface area contributed by atoms with Crippen LogP contribution in [0.4, 0.5) is 5.13 Å². The summed E-state index contributed by atoms with van der Waals surface area (Å²) in [6.45, 7) is 2.72. The van der Waals surface area contributed by atoms with Crippen molar-refractivity contribution in [3.63, 3.8) is 0 Å². The molecule has 4 rings (SSSR count). The maximum atomic E-state index is 12.3. The van der Waals surface area contributed by atoms with E-state index in [2.05, 4.69) is 25.7 Å². The predicted octanol–water partition coefficient (Wildman–Crippen LogP) is 3.43. The predicted molar refractivity (Wildman–Crippen MR) is 109 cm³/mol. The molecule has 0 spiro atoms. The lowest BCUT2D eigenvalue weighted by molar-refractivity contribution is -0.113. The normalized spacial score (nSPS) is 13.5. The van der Waals surface area contributed by atoms with Crippen molar-refractivity contribution in [2.75, 3.05) is 18.2 Å². The van der Waals surface area contributed by atoms with E-state index in [-0.39, 0.29) is 11.7 Å². The van der Waals surface area contributed by atoms with Gasteiger partial charge in [0.25, 0.3) is 0 Å². The van der Waals surface area contributed by atoms with Crippen LogP contribution in [0.15, 0.2) is 29.4 Å². The number of aromatic nitrogens is 5. The summed E-state index contributed by atoms with van der Waals surface area (Å²) in [7, 11) is 1.63. The minimum Gasteiger partial charge on any atom is -0.497 e. The molecule has 0 radical (unpaired) electrons. The van der Waals surface area contributed by atoms with Gasteiger partial charge >= 0.3 is 0 Å². The Morgan fingerprint density at radius 2 is 2.18 bits per heavy atom. The smallest absolute Gasteiger partial charge is 0.236 e. The second-order valence-corrected chi connectivity index (χ2v) is 8.29. The molecule has 2 aromatic heterocycles. The summed E-state index contributed by atoms with van der Waals surface area (Å²) in [6, 6.07) is 7.69. The zero-order valence-corrected chi connectivity index (χ0v) is 17.2. The van der Waals surface area contributed by atoms with Gasteiger partial charge in [-0.3, -0.25) is 10.1 Å². The Morgan fingerprint density at radius 3 is 2.93 bits per heavy atom. The summed E-state index contributed by atoms with van der Waals surface area (Å²) >= 11 is 2.81. The number of rotatable bonds is 8. The Bertz CT molecular complexity index is 982. The second kappa shape index (κ2) is 8.27. The quantitative estimate of drug-likeness (QED) is 0.562. The molecule has 0 unspecified atom stereocenters. The highest BCUT2D eigenvalue weighted by atomic mass is 32.2.